The highest BCUT2D eigenvalue weighted by molar-refractivity contribution is 7.90. The summed E-state index contributed by atoms with van der Waals surface area (Å²) in [6.45, 7) is 2.38. The molecule has 1 unspecified atom stereocenters. The van der Waals surface area contributed by atoms with Crippen LogP contribution in [0.4, 0.5) is 0 Å². The van der Waals surface area contributed by atoms with E-state index in [1.54, 1.807) is 0 Å². The van der Waals surface area contributed by atoms with E-state index in [2.05, 4.69) is 5.32 Å². The van der Waals surface area contributed by atoms with Gasteiger partial charge in [0.25, 0.3) is 0 Å². The van der Waals surface area contributed by atoms with Gasteiger partial charge in [-0.3, -0.25) is 0 Å². The van der Waals surface area contributed by atoms with E-state index in [1.165, 1.54) is 6.26 Å². The van der Waals surface area contributed by atoms with Crippen molar-refractivity contribution in [3.63, 3.8) is 0 Å². The minimum absolute atomic E-state index is 0.124. The molecule has 0 aliphatic heterocycles. The Bertz CT molecular complexity index is 517. The molecule has 0 fully saturated rings. The average Bonchev–Trinajstić information content (AvgIpc) is 2.33. The highest BCUT2D eigenvalue weighted by Gasteiger charge is 2.08. The smallest absolute Gasteiger partial charge is 0.147 e. The molecule has 1 N–H and O–H groups in total. The summed E-state index contributed by atoms with van der Waals surface area (Å²) in [4.78, 5) is 0. The number of hydrogen-bond acceptors (Lipinski definition) is 4. The van der Waals surface area contributed by atoms with Gasteiger partial charge in [0.05, 0.1) is 17.4 Å². The van der Waals surface area contributed by atoms with Crippen molar-refractivity contribution < 1.29 is 13.2 Å². The Kier molecular flexibility index (Phi) is 6.10. The van der Waals surface area contributed by atoms with Crippen LogP contribution < -0.4 is 10.1 Å². The monoisotopic (exact) mass is 305 g/mol. The zero-order valence-corrected chi connectivity index (χ0v) is 13.0. The fraction of sp³-hybridized carbons (Fsp3) is 0.538. The van der Waals surface area contributed by atoms with Crippen LogP contribution in [0.25, 0.3) is 0 Å². The minimum atomic E-state index is -2.93. The van der Waals surface area contributed by atoms with Crippen molar-refractivity contribution in [2.75, 3.05) is 25.7 Å². The lowest BCUT2D eigenvalue weighted by atomic mass is 10.1. The Morgan fingerprint density at radius 1 is 1.42 bits per heavy atom. The van der Waals surface area contributed by atoms with Gasteiger partial charge < -0.3 is 10.1 Å². The lowest BCUT2D eigenvalue weighted by Crippen LogP contribution is -2.12. The topological polar surface area (TPSA) is 55.4 Å². The molecule has 1 atom stereocenters. The molecule has 108 valence electrons. The highest BCUT2D eigenvalue weighted by atomic mass is 35.5. The van der Waals surface area contributed by atoms with E-state index in [-0.39, 0.29) is 11.8 Å². The van der Waals surface area contributed by atoms with Crippen LogP contribution in [0.2, 0.25) is 5.02 Å². The molecule has 0 aliphatic carbocycles. The van der Waals surface area contributed by atoms with E-state index in [4.69, 9.17) is 16.3 Å². The third kappa shape index (κ3) is 5.80. The Hall–Kier alpha value is -0.780. The quantitative estimate of drug-likeness (QED) is 0.786. The normalized spacial score (nSPS) is 13.3. The molecular weight excluding hydrogens is 286 g/mol. The number of hydrogen-bond donors (Lipinski definition) is 1. The summed E-state index contributed by atoms with van der Waals surface area (Å²) in [6, 6.07) is 5.83. The zero-order chi connectivity index (χ0) is 14.5. The maximum Gasteiger partial charge on any atom is 0.147 e. The summed E-state index contributed by atoms with van der Waals surface area (Å²) in [5.41, 5.74) is 1.08. The standard InChI is InChI=1S/C13H20ClNO3S/c1-10(15-2)11-5-6-13(12(14)9-11)18-7-4-8-19(3,16)17/h5-6,9-10,15H,4,7-8H2,1-3H3. The van der Waals surface area contributed by atoms with E-state index in [0.717, 1.165) is 5.56 Å². The molecule has 0 aromatic heterocycles. The molecule has 1 rings (SSSR count). The van der Waals surface area contributed by atoms with E-state index in [1.807, 2.05) is 32.2 Å². The Labute approximate surface area is 120 Å². The summed E-state index contributed by atoms with van der Waals surface area (Å²) in [6.07, 6.45) is 1.68. The van der Waals surface area contributed by atoms with Crippen molar-refractivity contribution >= 4 is 21.4 Å². The van der Waals surface area contributed by atoms with Crippen LogP contribution >= 0.6 is 11.6 Å². The van der Waals surface area contributed by atoms with Gasteiger partial charge in [-0.1, -0.05) is 17.7 Å². The van der Waals surface area contributed by atoms with Crippen molar-refractivity contribution in [2.45, 2.75) is 19.4 Å². The van der Waals surface area contributed by atoms with Gasteiger partial charge in [0, 0.05) is 12.3 Å². The van der Waals surface area contributed by atoms with Crippen LogP contribution in [0.3, 0.4) is 0 Å². The lowest BCUT2D eigenvalue weighted by molar-refractivity contribution is 0.318. The Morgan fingerprint density at radius 3 is 2.63 bits per heavy atom. The van der Waals surface area contributed by atoms with Crippen LogP contribution in [0.15, 0.2) is 18.2 Å². The molecular formula is C13H20ClNO3S. The van der Waals surface area contributed by atoms with Crippen LogP contribution in [0.5, 0.6) is 5.75 Å². The van der Waals surface area contributed by atoms with Crippen molar-refractivity contribution in [1.29, 1.82) is 0 Å². The molecule has 0 amide bonds. The maximum absolute atomic E-state index is 11.0. The predicted octanol–water partition coefficient (Wildman–Crippen LogP) is 2.43. The number of rotatable bonds is 7. The predicted molar refractivity (Wildman–Crippen MR) is 78.7 cm³/mol. The van der Waals surface area contributed by atoms with Gasteiger partial charge in [0.2, 0.25) is 0 Å². The minimum Gasteiger partial charge on any atom is -0.492 e. The Balaban J connectivity index is 2.56. The number of nitrogens with one attached hydrogen (secondary N) is 1. The third-order valence-corrected chi connectivity index (χ3v) is 4.13. The largest absolute Gasteiger partial charge is 0.492 e. The highest BCUT2D eigenvalue weighted by Crippen LogP contribution is 2.27. The van der Waals surface area contributed by atoms with Gasteiger partial charge >= 0.3 is 0 Å². The fourth-order valence-corrected chi connectivity index (χ4v) is 2.46. The fourth-order valence-electron chi connectivity index (χ4n) is 1.57. The maximum atomic E-state index is 11.0. The Morgan fingerprint density at radius 2 is 2.11 bits per heavy atom. The number of benzene rings is 1. The molecule has 0 saturated carbocycles. The molecule has 0 radical (unpaired) electrons. The summed E-state index contributed by atoms with van der Waals surface area (Å²) in [5, 5.41) is 3.67. The van der Waals surface area contributed by atoms with Crippen LogP contribution in [-0.2, 0) is 9.84 Å². The first-order chi connectivity index (χ1) is 8.83. The third-order valence-electron chi connectivity index (χ3n) is 2.81. The van der Waals surface area contributed by atoms with Gasteiger partial charge in [0.1, 0.15) is 15.6 Å². The zero-order valence-electron chi connectivity index (χ0n) is 11.4. The summed E-state index contributed by atoms with van der Waals surface area (Å²) >= 11 is 6.13. The van der Waals surface area contributed by atoms with Crippen molar-refractivity contribution in [1.82, 2.24) is 5.32 Å². The number of ether oxygens (including phenoxy) is 1. The second-order valence-corrected chi connectivity index (χ2v) is 7.20. The van der Waals surface area contributed by atoms with E-state index in [0.29, 0.717) is 23.8 Å². The van der Waals surface area contributed by atoms with E-state index >= 15 is 0 Å². The number of halogens is 1. The first kappa shape index (κ1) is 16.3. The van der Waals surface area contributed by atoms with E-state index < -0.39 is 9.84 Å². The second kappa shape index (κ2) is 7.12. The SMILES string of the molecule is CNC(C)c1ccc(OCCCS(C)(=O)=O)c(Cl)c1. The molecule has 4 nitrogen and oxygen atoms in total. The first-order valence-corrected chi connectivity index (χ1v) is 8.54. The van der Waals surface area contributed by atoms with Gasteiger partial charge in [-0.2, -0.15) is 0 Å². The van der Waals surface area contributed by atoms with Crippen molar-refractivity contribution in [2.24, 2.45) is 0 Å². The summed E-state index contributed by atoms with van der Waals surface area (Å²) < 4.78 is 27.4. The molecule has 0 saturated heterocycles. The van der Waals surface area contributed by atoms with E-state index in [9.17, 15) is 8.42 Å². The number of sulfone groups is 1. The lowest BCUT2D eigenvalue weighted by Gasteiger charge is -2.13. The second-order valence-electron chi connectivity index (χ2n) is 4.53. The first-order valence-electron chi connectivity index (χ1n) is 6.10. The van der Waals surface area contributed by atoms with Gasteiger partial charge in [-0.15, -0.1) is 0 Å². The van der Waals surface area contributed by atoms with Crippen LogP contribution in [-0.4, -0.2) is 34.1 Å². The molecule has 0 aliphatic rings. The van der Waals surface area contributed by atoms with Gasteiger partial charge in [-0.05, 0) is 38.1 Å². The molecule has 19 heavy (non-hydrogen) atoms. The van der Waals surface area contributed by atoms with Crippen LogP contribution in [0, 0.1) is 0 Å². The van der Waals surface area contributed by atoms with Gasteiger partial charge in [-0.25, -0.2) is 8.42 Å². The molecule has 1 aromatic rings. The molecule has 6 heteroatoms. The average molecular weight is 306 g/mol. The van der Waals surface area contributed by atoms with Crippen molar-refractivity contribution in [3.8, 4) is 5.75 Å². The van der Waals surface area contributed by atoms with Crippen LogP contribution in [0.1, 0.15) is 24.9 Å². The molecule has 0 bridgehead atoms. The van der Waals surface area contributed by atoms with Gasteiger partial charge in [0.15, 0.2) is 0 Å². The summed E-state index contributed by atoms with van der Waals surface area (Å²) in [7, 11) is -1.05. The van der Waals surface area contributed by atoms with Crippen molar-refractivity contribution in [3.05, 3.63) is 28.8 Å². The molecule has 0 spiro atoms. The molecule has 0 heterocycles. The summed E-state index contributed by atoms with van der Waals surface area (Å²) in [5.74, 6) is 0.710. The molecule has 1 aromatic carbocycles.